The molecule has 0 saturated carbocycles. The average molecular weight is 532 g/mol. The molecule has 3 atom stereocenters. The Labute approximate surface area is 226 Å². The summed E-state index contributed by atoms with van der Waals surface area (Å²) in [6.45, 7) is 13.6. The van der Waals surface area contributed by atoms with Crippen molar-refractivity contribution < 1.29 is 29.0 Å². The van der Waals surface area contributed by atoms with Gasteiger partial charge in [-0.2, -0.15) is 0 Å². The van der Waals surface area contributed by atoms with Crippen LogP contribution >= 0.6 is 0 Å². The molecule has 3 amide bonds. The maximum absolute atomic E-state index is 14.0. The molecule has 0 aliphatic carbocycles. The van der Waals surface area contributed by atoms with Crippen LogP contribution in [0.2, 0.25) is 0 Å². The van der Waals surface area contributed by atoms with E-state index in [0.29, 0.717) is 38.8 Å². The van der Waals surface area contributed by atoms with E-state index in [1.807, 2.05) is 71.9 Å². The van der Waals surface area contributed by atoms with E-state index in [-0.39, 0.29) is 17.7 Å². The highest BCUT2D eigenvalue weighted by molar-refractivity contribution is 5.94. The monoisotopic (exact) mass is 531 g/mol. The third-order valence-corrected chi connectivity index (χ3v) is 7.14. The molecule has 1 aromatic rings. The van der Waals surface area contributed by atoms with Crippen LogP contribution in [0.4, 0.5) is 4.79 Å². The van der Waals surface area contributed by atoms with Crippen LogP contribution in [0.15, 0.2) is 30.3 Å². The Bertz CT molecular complexity index is 964. The van der Waals surface area contributed by atoms with Crippen molar-refractivity contribution in [1.29, 1.82) is 0 Å². The Morgan fingerprint density at radius 2 is 1.61 bits per heavy atom. The van der Waals surface area contributed by atoms with Crippen LogP contribution in [0.5, 0.6) is 0 Å². The van der Waals surface area contributed by atoms with Crippen molar-refractivity contribution in [2.75, 3.05) is 13.1 Å². The standard InChI is InChI=1S/C29H45N3O6/c1-8-20(4)23(25(34)35)31-24(33)22(18-19(2)3)30-26(36)29(21-12-10-9-11-13-21)14-16-32(17-15-29)27(37)38-28(5,6)7/h9-13,19-20,22-23H,8,14-18H2,1-7H3,(H,30,36)(H,31,33)(H,34,35). The molecule has 1 aromatic carbocycles. The first-order valence-electron chi connectivity index (χ1n) is 13.6. The molecular weight excluding hydrogens is 486 g/mol. The second-order valence-electron chi connectivity index (χ2n) is 11.8. The van der Waals surface area contributed by atoms with Crippen molar-refractivity contribution in [3.63, 3.8) is 0 Å². The van der Waals surface area contributed by atoms with Crippen molar-refractivity contribution in [1.82, 2.24) is 15.5 Å². The van der Waals surface area contributed by atoms with E-state index in [1.165, 1.54) is 0 Å². The van der Waals surface area contributed by atoms with Crippen LogP contribution in [0, 0.1) is 11.8 Å². The van der Waals surface area contributed by atoms with Crippen molar-refractivity contribution in [3.8, 4) is 0 Å². The molecule has 2 rings (SSSR count). The van der Waals surface area contributed by atoms with Crippen LogP contribution in [0.25, 0.3) is 0 Å². The summed E-state index contributed by atoms with van der Waals surface area (Å²) in [5.41, 5.74) is -0.755. The zero-order valence-corrected chi connectivity index (χ0v) is 23.9. The maximum Gasteiger partial charge on any atom is 0.410 e. The normalized spacial score (nSPS) is 17.7. The first-order valence-corrected chi connectivity index (χ1v) is 13.6. The Hall–Kier alpha value is -3.10. The fraction of sp³-hybridized carbons (Fsp3) is 0.655. The molecule has 9 heteroatoms. The SMILES string of the molecule is CCC(C)C(NC(=O)C(CC(C)C)NC(=O)C1(c2ccccc2)CCN(C(=O)OC(C)(C)C)CC1)C(=O)O. The first kappa shape index (κ1) is 31.1. The van der Waals surface area contributed by atoms with E-state index in [4.69, 9.17) is 4.74 Å². The lowest BCUT2D eigenvalue weighted by Crippen LogP contribution is -2.59. The summed E-state index contributed by atoms with van der Waals surface area (Å²) < 4.78 is 5.52. The van der Waals surface area contributed by atoms with Gasteiger partial charge in [0, 0.05) is 13.1 Å². The Morgan fingerprint density at radius 3 is 2.08 bits per heavy atom. The van der Waals surface area contributed by atoms with Crippen LogP contribution in [0.3, 0.4) is 0 Å². The van der Waals surface area contributed by atoms with Gasteiger partial charge in [0.05, 0.1) is 5.41 Å². The molecule has 212 valence electrons. The first-order chi connectivity index (χ1) is 17.7. The summed E-state index contributed by atoms with van der Waals surface area (Å²) in [4.78, 5) is 53.4. The van der Waals surface area contributed by atoms with E-state index >= 15 is 0 Å². The lowest BCUT2D eigenvalue weighted by molar-refractivity contribution is -0.144. The molecule has 0 bridgehead atoms. The predicted octanol–water partition coefficient (Wildman–Crippen LogP) is 4.10. The third-order valence-electron chi connectivity index (χ3n) is 7.14. The molecule has 38 heavy (non-hydrogen) atoms. The smallest absolute Gasteiger partial charge is 0.410 e. The van der Waals surface area contributed by atoms with E-state index in [1.54, 1.807) is 11.8 Å². The minimum Gasteiger partial charge on any atom is -0.480 e. The van der Waals surface area contributed by atoms with Crippen molar-refractivity contribution >= 4 is 23.9 Å². The maximum atomic E-state index is 14.0. The largest absolute Gasteiger partial charge is 0.480 e. The summed E-state index contributed by atoms with van der Waals surface area (Å²) in [5.74, 6) is -2.09. The van der Waals surface area contributed by atoms with Gasteiger partial charge in [0.25, 0.3) is 0 Å². The highest BCUT2D eigenvalue weighted by Crippen LogP contribution is 2.36. The zero-order chi connectivity index (χ0) is 28.7. The van der Waals surface area contributed by atoms with Crippen molar-refractivity contribution in [2.45, 2.75) is 97.2 Å². The van der Waals surface area contributed by atoms with Gasteiger partial charge in [-0.05, 0) is 57.4 Å². The number of carbonyl (C=O) groups excluding carboxylic acids is 3. The quantitative estimate of drug-likeness (QED) is 0.417. The fourth-order valence-electron chi connectivity index (χ4n) is 4.74. The number of piperidine rings is 1. The number of hydrogen-bond acceptors (Lipinski definition) is 5. The lowest BCUT2D eigenvalue weighted by atomic mass is 9.71. The number of carboxylic acids is 1. The molecule has 0 radical (unpaired) electrons. The second-order valence-corrected chi connectivity index (χ2v) is 11.8. The van der Waals surface area contributed by atoms with Gasteiger partial charge in [-0.25, -0.2) is 9.59 Å². The molecule has 1 aliphatic rings. The third kappa shape index (κ3) is 8.20. The number of benzene rings is 1. The number of amides is 3. The summed E-state index contributed by atoms with van der Waals surface area (Å²) >= 11 is 0. The number of nitrogens with one attached hydrogen (secondary N) is 2. The van der Waals surface area contributed by atoms with E-state index < -0.39 is 41.1 Å². The molecular formula is C29H45N3O6. The number of rotatable bonds is 10. The molecule has 1 saturated heterocycles. The predicted molar refractivity (Wildman–Crippen MR) is 146 cm³/mol. The van der Waals surface area contributed by atoms with Crippen LogP contribution < -0.4 is 10.6 Å². The van der Waals surface area contributed by atoms with Crippen molar-refractivity contribution in [3.05, 3.63) is 35.9 Å². The number of carbonyl (C=O) groups is 4. The molecule has 1 heterocycles. The number of nitrogens with zero attached hydrogens (tertiary/aromatic N) is 1. The van der Waals surface area contributed by atoms with E-state index in [2.05, 4.69) is 10.6 Å². The van der Waals surface area contributed by atoms with Crippen LogP contribution in [0.1, 0.15) is 79.7 Å². The van der Waals surface area contributed by atoms with E-state index in [9.17, 15) is 24.3 Å². The molecule has 3 unspecified atom stereocenters. The van der Waals surface area contributed by atoms with Gasteiger partial charge < -0.3 is 25.4 Å². The van der Waals surface area contributed by atoms with Gasteiger partial charge in [0.15, 0.2) is 0 Å². The number of aliphatic carboxylic acids is 1. The highest BCUT2D eigenvalue weighted by Gasteiger charge is 2.45. The Morgan fingerprint density at radius 1 is 1.03 bits per heavy atom. The minimum absolute atomic E-state index is 0.0830. The van der Waals surface area contributed by atoms with Crippen LogP contribution in [-0.2, 0) is 24.5 Å². The molecule has 1 aliphatic heterocycles. The summed E-state index contributed by atoms with van der Waals surface area (Å²) in [6, 6.07) is 7.46. The number of ether oxygens (including phenoxy) is 1. The van der Waals surface area contributed by atoms with Gasteiger partial charge in [-0.3, -0.25) is 9.59 Å². The number of hydrogen-bond donors (Lipinski definition) is 3. The van der Waals surface area contributed by atoms with Gasteiger partial charge in [0.2, 0.25) is 11.8 Å². The highest BCUT2D eigenvalue weighted by atomic mass is 16.6. The molecule has 3 N–H and O–H groups in total. The van der Waals surface area contributed by atoms with Gasteiger partial charge in [-0.15, -0.1) is 0 Å². The Balaban J connectivity index is 2.30. The molecule has 9 nitrogen and oxygen atoms in total. The average Bonchev–Trinajstić information content (AvgIpc) is 2.85. The molecule has 0 aromatic heterocycles. The lowest BCUT2D eigenvalue weighted by Gasteiger charge is -2.42. The summed E-state index contributed by atoms with van der Waals surface area (Å²) in [7, 11) is 0. The summed E-state index contributed by atoms with van der Waals surface area (Å²) in [5, 5.41) is 15.3. The van der Waals surface area contributed by atoms with Gasteiger partial charge in [0.1, 0.15) is 17.7 Å². The molecule has 1 fully saturated rings. The topological polar surface area (TPSA) is 125 Å². The number of carboxylic acid groups (broad SMARTS) is 1. The van der Waals surface area contributed by atoms with Gasteiger partial charge in [-0.1, -0.05) is 64.4 Å². The second kappa shape index (κ2) is 13.1. The Kier molecular flexibility index (Phi) is 10.7. The minimum atomic E-state index is -1.10. The summed E-state index contributed by atoms with van der Waals surface area (Å²) in [6.07, 6.45) is 1.26. The molecule has 0 spiro atoms. The fourth-order valence-corrected chi connectivity index (χ4v) is 4.74. The zero-order valence-electron chi connectivity index (χ0n) is 23.9. The van der Waals surface area contributed by atoms with E-state index in [0.717, 1.165) is 5.56 Å². The number of likely N-dealkylation sites (tertiary alicyclic amines) is 1. The van der Waals surface area contributed by atoms with Gasteiger partial charge >= 0.3 is 12.1 Å². The van der Waals surface area contributed by atoms with Crippen molar-refractivity contribution in [2.24, 2.45) is 11.8 Å². The van der Waals surface area contributed by atoms with Crippen LogP contribution in [-0.4, -0.2) is 64.7 Å².